The minimum atomic E-state index is -1.04. The number of aryl methyl sites for hydroxylation is 1. The lowest BCUT2D eigenvalue weighted by molar-refractivity contribution is -0.151. The number of anilines is 1. The Labute approximate surface area is 225 Å². The van der Waals surface area contributed by atoms with Crippen molar-refractivity contribution in [1.29, 1.82) is 0 Å². The van der Waals surface area contributed by atoms with E-state index >= 15 is 0 Å². The summed E-state index contributed by atoms with van der Waals surface area (Å²) < 4.78 is 5.85. The number of carboxylic acid groups (broad SMARTS) is 1. The van der Waals surface area contributed by atoms with E-state index in [1.165, 1.54) is 5.56 Å². The summed E-state index contributed by atoms with van der Waals surface area (Å²) in [6, 6.07) is 23.6. The molecule has 0 unspecified atom stereocenters. The predicted molar refractivity (Wildman–Crippen MR) is 153 cm³/mol. The maximum Gasteiger partial charge on any atom is 0.310 e. The Kier molecular flexibility index (Phi) is 11.1. The van der Waals surface area contributed by atoms with Crippen LogP contribution in [0.5, 0.6) is 5.88 Å². The lowest BCUT2D eigenvalue weighted by Crippen LogP contribution is -2.34. The third kappa shape index (κ3) is 8.87. The largest absolute Gasteiger partial charge is 0.481 e. The van der Waals surface area contributed by atoms with Gasteiger partial charge in [0.25, 0.3) is 0 Å². The average Bonchev–Trinajstić information content (AvgIpc) is 2.93. The molecule has 3 aromatic rings. The van der Waals surface area contributed by atoms with Gasteiger partial charge >= 0.3 is 5.97 Å². The highest BCUT2D eigenvalue weighted by Gasteiger charge is 2.37. The number of ether oxygens (including phenoxy) is 1. The highest BCUT2D eigenvalue weighted by Crippen LogP contribution is 2.31. The Morgan fingerprint density at radius 2 is 1.68 bits per heavy atom. The van der Waals surface area contributed by atoms with E-state index in [1.807, 2.05) is 54.6 Å². The molecule has 0 bridgehead atoms. The molecule has 6 nitrogen and oxygen atoms in total. The number of carbonyl (C=O) groups excluding carboxylic acids is 1. The van der Waals surface area contributed by atoms with Gasteiger partial charge < -0.3 is 15.2 Å². The van der Waals surface area contributed by atoms with Gasteiger partial charge in [-0.2, -0.15) is 0 Å². The number of carbonyl (C=O) groups is 2. The number of benzene rings is 2. The molecule has 38 heavy (non-hydrogen) atoms. The second-order valence-corrected chi connectivity index (χ2v) is 9.52. The summed E-state index contributed by atoms with van der Waals surface area (Å²) in [5.74, 6) is -0.634. The summed E-state index contributed by atoms with van der Waals surface area (Å²) in [6.45, 7) is 4.24. The molecule has 0 fully saturated rings. The van der Waals surface area contributed by atoms with Crippen LogP contribution in [0, 0.1) is 5.41 Å². The minimum absolute atomic E-state index is 0.0564. The summed E-state index contributed by atoms with van der Waals surface area (Å²) in [6.07, 6.45) is 8.89. The molecule has 0 saturated carbocycles. The number of pyridine rings is 1. The van der Waals surface area contributed by atoms with Crippen LogP contribution in [0.3, 0.4) is 0 Å². The lowest BCUT2D eigenvalue weighted by Gasteiger charge is -2.25. The molecule has 0 atom stereocenters. The van der Waals surface area contributed by atoms with Gasteiger partial charge in [-0.3, -0.25) is 9.59 Å². The first-order valence-electron chi connectivity index (χ1n) is 13.4. The number of hydrogen-bond acceptors (Lipinski definition) is 4. The van der Waals surface area contributed by atoms with Gasteiger partial charge in [-0.05, 0) is 73.9 Å². The zero-order valence-electron chi connectivity index (χ0n) is 22.4. The van der Waals surface area contributed by atoms with Crippen molar-refractivity contribution in [1.82, 2.24) is 4.98 Å². The van der Waals surface area contributed by atoms with E-state index in [1.54, 1.807) is 19.9 Å². The molecule has 0 spiro atoms. The van der Waals surface area contributed by atoms with Gasteiger partial charge in [0, 0.05) is 18.2 Å². The molecule has 0 saturated heterocycles. The van der Waals surface area contributed by atoms with E-state index in [4.69, 9.17) is 4.74 Å². The number of hydrogen-bond donors (Lipinski definition) is 2. The molecule has 1 amide bonds. The molecule has 200 valence electrons. The summed E-state index contributed by atoms with van der Waals surface area (Å²) in [5, 5.41) is 12.4. The van der Waals surface area contributed by atoms with Crippen molar-refractivity contribution in [3.05, 3.63) is 89.6 Å². The third-order valence-electron chi connectivity index (χ3n) is 6.87. The lowest BCUT2D eigenvalue weighted by atomic mass is 9.79. The molecule has 2 N–H and O–H groups in total. The number of nitrogens with one attached hydrogen (secondary N) is 1. The number of unbranched alkanes of at least 4 members (excludes halogenated alkanes) is 2. The SMILES string of the molecule is CCC(CC)(CC(=O)Nc1cccc(/C=C/c2cccc(OCCCCCc3ccccc3)n2)c1)C(=O)O. The minimum Gasteiger partial charge on any atom is -0.481 e. The van der Waals surface area contributed by atoms with E-state index in [2.05, 4.69) is 34.6 Å². The number of aromatic nitrogens is 1. The van der Waals surface area contributed by atoms with Crippen LogP contribution < -0.4 is 10.1 Å². The van der Waals surface area contributed by atoms with Crippen molar-refractivity contribution >= 4 is 29.7 Å². The van der Waals surface area contributed by atoms with E-state index in [9.17, 15) is 14.7 Å². The fourth-order valence-corrected chi connectivity index (χ4v) is 4.33. The fourth-order valence-electron chi connectivity index (χ4n) is 4.33. The van der Waals surface area contributed by atoms with Gasteiger partial charge in [0.2, 0.25) is 11.8 Å². The van der Waals surface area contributed by atoms with Crippen molar-refractivity contribution in [2.75, 3.05) is 11.9 Å². The highest BCUT2D eigenvalue weighted by atomic mass is 16.5. The van der Waals surface area contributed by atoms with Crippen molar-refractivity contribution in [2.24, 2.45) is 5.41 Å². The van der Waals surface area contributed by atoms with E-state index in [0.717, 1.165) is 36.9 Å². The van der Waals surface area contributed by atoms with Crippen LogP contribution in [0.1, 0.15) is 69.2 Å². The molecule has 0 aliphatic heterocycles. The zero-order chi connectivity index (χ0) is 27.2. The Hall–Kier alpha value is -3.93. The molecule has 6 heteroatoms. The Balaban J connectivity index is 1.49. The monoisotopic (exact) mass is 514 g/mol. The van der Waals surface area contributed by atoms with Crippen LogP contribution in [-0.2, 0) is 16.0 Å². The zero-order valence-corrected chi connectivity index (χ0v) is 22.4. The molecule has 3 rings (SSSR count). The summed E-state index contributed by atoms with van der Waals surface area (Å²) in [4.78, 5) is 28.9. The number of amides is 1. The van der Waals surface area contributed by atoms with Crippen molar-refractivity contribution in [3.63, 3.8) is 0 Å². The second-order valence-electron chi connectivity index (χ2n) is 9.52. The molecular formula is C32H38N2O4. The van der Waals surface area contributed by atoms with Crippen LogP contribution in [0.25, 0.3) is 12.2 Å². The average molecular weight is 515 g/mol. The smallest absolute Gasteiger partial charge is 0.310 e. The molecule has 2 aromatic carbocycles. The molecule has 0 aliphatic rings. The first-order chi connectivity index (χ1) is 18.4. The van der Waals surface area contributed by atoms with Gasteiger partial charge in [-0.15, -0.1) is 0 Å². The summed E-state index contributed by atoms with van der Waals surface area (Å²) in [7, 11) is 0. The van der Waals surface area contributed by atoms with Crippen molar-refractivity contribution in [3.8, 4) is 5.88 Å². The van der Waals surface area contributed by atoms with Gasteiger partial charge in [0.05, 0.1) is 17.7 Å². The molecule has 0 radical (unpaired) electrons. The number of nitrogens with zero attached hydrogens (tertiary/aromatic N) is 1. The molecular weight excluding hydrogens is 476 g/mol. The first kappa shape index (κ1) is 28.6. The van der Waals surface area contributed by atoms with Crippen molar-refractivity contribution in [2.45, 2.75) is 58.8 Å². The van der Waals surface area contributed by atoms with Gasteiger partial charge in [-0.25, -0.2) is 4.98 Å². The maximum absolute atomic E-state index is 12.6. The third-order valence-corrected chi connectivity index (χ3v) is 6.87. The van der Waals surface area contributed by atoms with Gasteiger partial charge in [-0.1, -0.05) is 68.5 Å². The Morgan fingerprint density at radius 1 is 0.921 bits per heavy atom. The van der Waals surface area contributed by atoms with E-state index in [-0.39, 0.29) is 12.3 Å². The van der Waals surface area contributed by atoms with Crippen LogP contribution in [-0.4, -0.2) is 28.6 Å². The highest BCUT2D eigenvalue weighted by molar-refractivity contribution is 5.94. The van der Waals surface area contributed by atoms with Gasteiger partial charge in [0.1, 0.15) is 0 Å². The van der Waals surface area contributed by atoms with Crippen molar-refractivity contribution < 1.29 is 19.4 Å². The van der Waals surface area contributed by atoms with E-state index in [0.29, 0.717) is 31.0 Å². The van der Waals surface area contributed by atoms with Crippen LogP contribution in [0.15, 0.2) is 72.8 Å². The van der Waals surface area contributed by atoms with Crippen LogP contribution >= 0.6 is 0 Å². The predicted octanol–water partition coefficient (Wildman–Crippen LogP) is 7.26. The topological polar surface area (TPSA) is 88.5 Å². The normalized spacial score (nSPS) is 11.4. The van der Waals surface area contributed by atoms with Crippen LogP contribution in [0.2, 0.25) is 0 Å². The number of rotatable bonds is 15. The fraction of sp³-hybridized carbons (Fsp3) is 0.344. The summed E-state index contributed by atoms with van der Waals surface area (Å²) >= 11 is 0. The standard InChI is InChI=1S/C32H38N2O4/c1-3-32(4-2,31(36)37)24-29(35)33-28-18-11-16-26(23-28)20-21-27-17-12-19-30(34-27)38-22-10-6-9-15-25-13-7-5-8-14-25/h5,7-8,11-14,16-21,23H,3-4,6,9-10,15,22,24H2,1-2H3,(H,33,35)(H,36,37)/b21-20+. The van der Waals surface area contributed by atoms with Gasteiger partial charge in [0.15, 0.2) is 0 Å². The van der Waals surface area contributed by atoms with E-state index < -0.39 is 11.4 Å². The Bertz CT molecular complexity index is 1200. The number of carboxylic acids is 1. The quantitative estimate of drug-likeness (QED) is 0.208. The van der Waals surface area contributed by atoms with Crippen LogP contribution in [0.4, 0.5) is 5.69 Å². The second kappa shape index (κ2) is 14.7. The molecule has 0 aliphatic carbocycles. The Morgan fingerprint density at radius 3 is 2.42 bits per heavy atom. The first-order valence-corrected chi connectivity index (χ1v) is 13.4. The summed E-state index contributed by atoms with van der Waals surface area (Å²) in [5.41, 5.74) is 2.63. The maximum atomic E-state index is 12.6. The molecule has 1 aromatic heterocycles. The molecule has 1 heterocycles. The number of aliphatic carboxylic acids is 1.